The summed E-state index contributed by atoms with van der Waals surface area (Å²) in [7, 11) is 0. The lowest BCUT2D eigenvalue weighted by molar-refractivity contribution is -0.518. The number of ketones is 2. The molecule has 4 atom stereocenters. The number of nitrogens with zero attached hydrogens (tertiary/aromatic N) is 1. The number of hydrogen-bond acceptors (Lipinski definition) is 6. The largest absolute Gasteiger partial charge is 0.481 e. The molecular formula is C18H20N2O7. The van der Waals surface area contributed by atoms with Gasteiger partial charge in [-0.1, -0.05) is 24.6 Å². The Balaban J connectivity index is 2.26. The van der Waals surface area contributed by atoms with E-state index >= 15 is 0 Å². The van der Waals surface area contributed by atoms with E-state index in [2.05, 4.69) is 5.32 Å². The lowest BCUT2D eigenvalue weighted by atomic mass is 9.80. The van der Waals surface area contributed by atoms with Crippen LogP contribution in [-0.2, 0) is 19.2 Å². The monoisotopic (exact) mass is 376 g/mol. The first-order valence-electron chi connectivity index (χ1n) is 8.41. The number of amides is 1. The lowest BCUT2D eigenvalue weighted by Crippen LogP contribution is -2.46. The van der Waals surface area contributed by atoms with Crippen molar-refractivity contribution in [3.05, 3.63) is 39.9 Å². The number of carboxylic acid groups (broad SMARTS) is 1. The van der Waals surface area contributed by atoms with Crippen LogP contribution in [0.5, 0.6) is 0 Å². The van der Waals surface area contributed by atoms with Gasteiger partial charge >= 0.3 is 5.97 Å². The first-order valence-corrected chi connectivity index (χ1v) is 8.41. The van der Waals surface area contributed by atoms with E-state index in [1.165, 1.54) is 0 Å². The maximum atomic E-state index is 12.5. The number of Topliss-reactive ketones (excluding diaryl/α,β-unsaturated/α-hetero) is 2. The molecule has 1 aliphatic rings. The SMILES string of the molecule is Cc1ccc(NC(=O)C(=O)[C@@H]([C@H]2[C@H](C)CC(=O)[C@@H]2CC(=O)O)[N+](=O)[O-])cc1. The van der Waals surface area contributed by atoms with Crippen LogP contribution >= 0.6 is 0 Å². The molecule has 0 aromatic heterocycles. The predicted molar refractivity (Wildman–Crippen MR) is 93.6 cm³/mol. The zero-order valence-corrected chi connectivity index (χ0v) is 14.9. The number of anilines is 1. The zero-order chi connectivity index (χ0) is 20.3. The maximum Gasteiger partial charge on any atom is 0.304 e. The topological polar surface area (TPSA) is 144 Å². The van der Waals surface area contributed by atoms with Gasteiger partial charge in [-0.05, 0) is 25.0 Å². The van der Waals surface area contributed by atoms with Crippen molar-refractivity contribution < 1.29 is 29.2 Å². The third-order valence-corrected chi connectivity index (χ3v) is 4.85. The van der Waals surface area contributed by atoms with Gasteiger partial charge in [-0.15, -0.1) is 0 Å². The van der Waals surface area contributed by atoms with Crippen molar-refractivity contribution in [2.45, 2.75) is 32.7 Å². The third-order valence-electron chi connectivity index (χ3n) is 4.85. The van der Waals surface area contributed by atoms with E-state index in [-0.39, 0.29) is 6.42 Å². The summed E-state index contributed by atoms with van der Waals surface area (Å²) in [5, 5.41) is 22.9. The number of rotatable bonds is 7. The average Bonchev–Trinajstić information content (AvgIpc) is 2.83. The van der Waals surface area contributed by atoms with E-state index in [9.17, 15) is 29.3 Å². The van der Waals surface area contributed by atoms with Crippen LogP contribution in [0.15, 0.2) is 24.3 Å². The van der Waals surface area contributed by atoms with Crippen molar-refractivity contribution in [2.75, 3.05) is 5.32 Å². The molecular weight excluding hydrogens is 356 g/mol. The van der Waals surface area contributed by atoms with E-state index in [4.69, 9.17) is 5.11 Å². The summed E-state index contributed by atoms with van der Waals surface area (Å²) in [4.78, 5) is 58.5. The summed E-state index contributed by atoms with van der Waals surface area (Å²) in [6.45, 7) is 3.38. The standard InChI is InChI=1S/C18H20N2O7/c1-9-3-5-11(6-4-9)19-18(25)17(24)16(20(26)27)15-10(2)7-13(21)12(15)8-14(22)23/h3-6,10,12,15-16H,7-8H2,1-2H3,(H,19,25)(H,22,23)/t10-,12+,15+,16-/m1/s1. The zero-order valence-electron chi connectivity index (χ0n) is 14.9. The van der Waals surface area contributed by atoms with Crippen LogP contribution in [0.3, 0.4) is 0 Å². The van der Waals surface area contributed by atoms with Crippen molar-refractivity contribution in [1.82, 2.24) is 0 Å². The molecule has 0 aliphatic heterocycles. The van der Waals surface area contributed by atoms with E-state index in [1.54, 1.807) is 31.2 Å². The van der Waals surface area contributed by atoms with Crippen LogP contribution in [0.25, 0.3) is 0 Å². The molecule has 0 spiro atoms. The van der Waals surface area contributed by atoms with Crippen LogP contribution in [0, 0.1) is 34.8 Å². The molecule has 2 N–H and O–H groups in total. The Kier molecular flexibility index (Phi) is 6.04. The van der Waals surface area contributed by atoms with Gasteiger partial charge in [-0.2, -0.15) is 0 Å². The fourth-order valence-corrected chi connectivity index (χ4v) is 3.56. The van der Waals surface area contributed by atoms with Crippen LogP contribution < -0.4 is 5.32 Å². The van der Waals surface area contributed by atoms with Crippen molar-refractivity contribution in [1.29, 1.82) is 0 Å². The lowest BCUT2D eigenvalue weighted by Gasteiger charge is -2.22. The highest BCUT2D eigenvalue weighted by atomic mass is 16.6. The first kappa shape index (κ1) is 20.2. The Hall–Kier alpha value is -3.10. The van der Waals surface area contributed by atoms with Gasteiger partial charge in [0.25, 0.3) is 17.7 Å². The van der Waals surface area contributed by atoms with Crippen molar-refractivity contribution in [3.8, 4) is 0 Å². The van der Waals surface area contributed by atoms with Gasteiger partial charge < -0.3 is 10.4 Å². The Labute approximate surface area is 154 Å². The number of hydrogen-bond donors (Lipinski definition) is 2. The van der Waals surface area contributed by atoms with Crippen LogP contribution in [0.4, 0.5) is 5.69 Å². The second-order valence-electron chi connectivity index (χ2n) is 6.84. The summed E-state index contributed by atoms with van der Waals surface area (Å²) in [5.74, 6) is -7.06. The summed E-state index contributed by atoms with van der Waals surface area (Å²) in [6.07, 6.45) is -0.662. The van der Waals surface area contributed by atoms with Crippen LogP contribution in [0.1, 0.15) is 25.3 Å². The molecule has 1 aliphatic carbocycles. The number of benzene rings is 1. The number of carbonyl (C=O) groups excluding carboxylic acids is 3. The Bertz CT molecular complexity index is 787. The van der Waals surface area contributed by atoms with Crippen molar-refractivity contribution in [2.24, 2.45) is 17.8 Å². The number of carboxylic acids is 1. The molecule has 1 fully saturated rings. The van der Waals surface area contributed by atoms with E-state index in [1.807, 2.05) is 6.92 Å². The third kappa shape index (κ3) is 4.55. The number of nitro groups is 1. The summed E-state index contributed by atoms with van der Waals surface area (Å²) >= 11 is 0. The van der Waals surface area contributed by atoms with E-state index in [0.717, 1.165) is 5.56 Å². The summed E-state index contributed by atoms with van der Waals surface area (Å²) in [6, 6.07) is 4.53. The molecule has 9 nitrogen and oxygen atoms in total. The Morgan fingerprint density at radius 3 is 2.41 bits per heavy atom. The van der Waals surface area contributed by atoms with Gasteiger partial charge in [-0.25, -0.2) is 0 Å². The van der Waals surface area contributed by atoms with E-state index < -0.39 is 58.6 Å². The van der Waals surface area contributed by atoms with Gasteiger partial charge in [0.15, 0.2) is 0 Å². The van der Waals surface area contributed by atoms with Crippen LogP contribution in [0.2, 0.25) is 0 Å². The molecule has 0 saturated heterocycles. The molecule has 9 heteroatoms. The molecule has 0 radical (unpaired) electrons. The molecule has 0 heterocycles. The molecule has 0 unspecified atom stereocenters. The fraction of sp³-hybridized carbons (Fsp3) is 0.444. The second kappa shape index (κ2) is 8.07. The average molecular weight is 376 g/mol. The minimum atomic E-state index is -1.97. The highest BCUT2D eigenvalue weighted by molar-refractivity contribution is 6.42. The van der Waals surface area contributed by atoms with Gasteiger partial charge in [0.05, 0.1) is 6.42 Å². The summed E-state index contributed by atoms with van der Waals surface area (Å²) < 4.78 is 0. The maximum absolute atomic E-state index is 12.5. The Morgan fingerprint density at radius 1 is 1.30 bits per heavy atom. The molecule has 2 rings (SSSR count). The number of aliphatic carboxylic acids is 1. The minimum Gasteiger partial charge on any atom is -0.481 e. The molecule has 1 saturated carbocycles. The van der Waals surface area contributed by atoms with Gasteiger partial charge in [0.1, 0.15) is 5.78 Å². The van der Waals surface area contributed by atoms with Gasteiger partial charge in [0.2, 0.25) is 0 Å². The van der Waals surface area contributed by atoms with Gasteiger partial charge in [-0.3, -0.25) is 29.3 Å². The number of aryl methyl sites for hydroxylation is 1. The minimum absolute atomic E-state index is 0.0557. The smallest absolute Gasteiger partial charge is 0.304 e. The second-order valence-corrected chi connectivity index (χ2v) is 6.84. The molecule has 144 valence electrons. The predicted octanol–water partition coefficient (Wildman–Crippen LogP) is 1.46. The quantitative estimate of drug-likeness (QED) is 0.416. The van der Waals surface area contributed by atoms with Crippen molar-refractivity contribution in [3.63, 3.8) is 0 Å². The summed E-state index contributed by atoms with van der Waals surface area (Å²) in [5.41, 5.74) is 1.23. The van der Waals surface area contributed by atoms with Crippen molar-refractivity contribution >= 4 is 29.1 Å². The fourth-order valence-electron chi connectivity index (χ4n) is 3.56. The number of nitrogens with one attached hydrogen (secondary N) is 1. The highest BCUT2D eigenvalue weighted by Crippen LogP contribution is 2.39. The first-order chi connectivity index (χ1) is 12.6. The molecule has 1 aromatic carbocycles. The van der Waals surface area contributed by atoms with Crippen LogP contribution in [-0.4, -0.2) is 39.5 Å². The molecule has 1 aromatic rings. The number of carbonyl (C=O) groups is 4. The molecule has 27 heavy (non-hydrogen) atoms. The molecule has 0 bridgehead atoms. The van der Waals surface area contributed by atoms with Gasteiger partial charge in [0, 0.05) is 28.9 Å². The normalized spacial score (nSPS) is 22.9. The molecule has 1 amide bonds. The Morgan fingerprint density at radius 2 is 1.89 bits per heavy atom. The highest BCUT2D eigenvalue weighted by Gasteiger charge is 2.54. The van der Waals surface area contributed by atoms with E-state index in [0.29, 0.717) is 5.69 Å².